The van der Waals surface area contributed by atoms with Gasteiger partial charge in [-0.05, 0) is 132 Å². The zero-order chi connectivity index (χ0) is 20.7. The predicted molar refractivity (Wildman–Crippen MR) is 151 cm³/mol. The second kappa shape index (κ2) is 8.99. The first kappa shape index (κ1) is 21.1. The molecule has 1 nitrogen and oxygen atoms in total. The Labute approximate surface area is 220 Å². The molecule has 1 aliphatic rings. The summed E-state index contributed by atoms with van der Waals surface area (Å²) < 4.78 is 9.92. The van der Waals surface area contributed by atoms with Crippen molar-refractivity contribution < 1.29 is 4.74 Å². The molecule has 0 spiro atoms. The summed E-state index contributed by atoms with van der Waals surface area (Å²) in [5.74, 6) is 0.916. The first-order valence-corrected chi connectivity index (χ1v) is 14.0. The van der Waals surface area contributed by atoms with Crippen LogP contribution < -0.4 is 4.74 Å². The third-order valence-electron chi connectivity index (χ3n) is 5.14. The number of thiol groups is 1. The van der Waals surface area contributed by atoms with Crippen LogP contribution in [-0.4, -0.2) is 0 Å². The van der Waals surface area contributed by atoms with Gasteiger partial charge in [-0.25, -0.2) is 0 Å². The standard InChI is InChI=1S/C25H17I3OS/c26-17-13-16(25(28)22(27)14-17)15-29-18-9-11-19(12-10-18)30-23-7-3-1-5-20(23)21-6-2-4-8-24(21)30/h1-14,30H,15H2. The highest BCUT2D eigenvalue weighted by atomic mass is 127. The van der Waals surface area contributed by atoms with Crippen LogP contribution in [0.3, 0.4) is 0 Å². The van der Waals surface area contributed by atoms with Gasteiger partial charge in [0.05, 0.1) is 0 Å². The molecular formula is C25H17I3OS. The second-order valence-electron chi connectivity index (χ2n) is 7.01. The van der Waals surface area contributed by atoms with Crippen molar-refractivity contribution in [1.82, 2.24) is 0 Å². The van der Waals surface area contributed by atoms with E-state index in [1.165, 1.54) is 42.1 Å². The normalized spacial score (nSPS) is 13.1. The van der Waals surface area contributed by atoms with Gasteiger partial charge in [-0.15, -0.1) is 0 Å². The van der Waals surface area contributed by atoms with Crippen LogP contribution in [0.4, 0.5) is 0 Å². The summed E-state index contributed by atoms with van der Waals surface area (Å²) >= 11 is 7.17. The molecule has 0 bridgehead atoms. The summed E-state index contributed by atoms with van der Waals surface area (Å²) in [5.41, 5.74) is 3.99. The molecule has 30 heavy (non-hydrogen) atoms. The summed E-state index contributed by atoms with van der Waals surface area (Å²) in [6.45, 7) is 0.588. The average Bonchev–Trinajstić information content (AvgIpc) is 3.10. The van der Waals surface area contributed by atoms with Crippen molar-refractivity contribution in [3.05, 3.63) is 101 Å². The van der Waals surface area contributed by atoms with Gasteiger partial charge in [0, 0.05) is 26.1 Å². The van der Waals surface area contributed by atoms with E-state index in [1.54, 1.807) is 0 Å². The van der Waals surface area contributed by atoms with Crippen molar-refractivity contribution in [3.63, 3.8) is 0 Å². The van der Waals surface area contributed by atoms with E-state index < -0.39 is 10.9 Å². The lowest BCUT2D eigenvalue weighted by Gasteiger charge is -2.19. The highest BCUT2D eigenvalue weighted by Crippen LogP contribution is 2.62. The molecule has 1 aliphatic heterocycles. The van der Waals surface area contributed by atoms with Crippen LogP contribution in [0.15, 0.2) is 99.6 Å². The van der Waals surface area contributed by atoms with Gasteiger partial charge >= 0.3 is 0 Å². The van der Waals surface area contributed by atoms with E-state index in [0.29, 0.717) is 6.61 Å². The molecule has 150 valence electrons. The Hall–Kier alpha value is -0.780. The van der Waals surface area contributed by atoms with Gasteiger partial charge in [-0.2, -0.15) is 10.9 Å². The first-order valence-electron chi connectivity index (χ1n) is 9.46. The Bertz CT molecular complexity index is 1190. The molecule has 0 N–H and O–H groups in total. The summed E-state index contributed by atoms with van der Waals surface area (Å²) in [6.07, 6.45) is 0. The van der Waals surface area contributed by atoms with Crippen molar-refractivity contribution in [2.24, 2.45) is 0 Å². The predicted octanol–water partition coefficient (Wildman–Crippen LogP) is 8.54. The smallest absolute Gasteiger partial charge is 0.119 e. The fourth-order valence-electron chi connectivity index (χ4n) is 3.77. The van der Waals surface area contributed by atoms with Crippen LogP contribution in [0.2, 0.25) is 0 Å². The molecule has 5 heteroatoms. The van der Waals surface area contributed by atoms with Gasteiger partial charge in [0.25, 0.3) is 0 Å². The van der Waals surface area contributed by atoms with Crippen LogP contribution >= 0.6 is 78.7 Å². The van der Waals surface area contributed by atoms with E-state index in [2.05, 4.69) is 153 Å². The van der Waals surface area contributed by atoms with Gasteiger partial charge in [-0.1, -0.05) is 36.4 Å². The van der Waals surface area contributed by atoms with Gasteiger partial charge < -0.3 is 4.74 Å². The average molecular weight is 746 g/mol. The van der Waals surface area contributed by atoms with E-state index in [-0.39, 0.29) is 0 Å². The summed E-state index contributed by atoms with van der Waals surface area (Å²) in [6, 6.07) is 30.8. The molecule has 4 aromatic rings. The van der Waals surface area contributed by atoms with Gasteiger partial charge in [0.2, 0.25) is 0 Å². The molecule has 0 aromatic heterocycles. The minimum atomic E-state index is -0.510. The number of halogens is 3. The third-order valence-corrected chi connectivity index (χ3v) is 11.5. The number of hydrogen-bond acceptors (Lipinski definition) is 1. The molecule has 5 rings (SSSR count). The number of fused-ring (bicyclic) bond motifs is 3. The van der Waals surface area contributed by atoms with Crippen LogP contribution in [0.25, 0.3) is 11.1 Å². The fourth-order valence-corrected chi connectivity index (χ4v) is 8.80. The zero-order valence-electron chi connectivity index (χ0n) is 15.8. The van der Waals surface area contributed by atoms with E-state index in [1.807, 2.05) is 0 Å². The van der Waals surface area contributed by atoms with Gasteiger partial charge in [0.15, 0.2) is 0 Å². The van der Waals surface area contributed by atoms with Crippen molar-refractivity contribution in [2.45, 2.75) is 21.3 Å². The maximum Gasteiger partial charge on any atom is 0.119 e. The molecule has 0 atom stereocenters. The Morgan fingerprint density at radius 3 is 1.93 bits per heavy atom. The lowest BCUT2D eigenvalue weighted by Crippen LogP contribution is -2.00. The van der Waals surface area contributed by atoms with Crippen molar-refractivity contribution in [2.75, 3.05) is 0 Å². The van der Waals surface area contributed by atoms with Gasteiger partial charge in [-0.3, -0.25) is 0 Å². The molecule has 1 heterocycles. The molecular weight excluding hydrogens is 729 g/mol. The van der Waals surface area contributed by atoms with E-state index in [0.717, 1.165) is 5.75 Å². The summed E-state index contributed by atoms with van der Waals surface area (Å²) in [4.78, 5) is 4.27. The Balaban J connectivity index is 1.41. The SMILES string of the molecule is Ic1cc(I)c(I)c(COc2ccc([SH]3c4ccccc4-c4ccccc43)cc2)c1. The molecule has 0 aliphatic carbocycles. The molecule has 0 radical (unpaired) electrons. The van der Waals surface area contributed by atoms with Crippen molar-refractivity contribution >= 4 is 78.7 Å². The number of rotatable bonds is 4. The molecule has 0 amide bonds. The topological polar surface area (TPSA) is 9.23 Å². The zero-order valence-corrected chi connectivity index (χ0v) is 23.1. The maximum absolute atomic E-state index is 6.14. The van der Waals surface area contributed by atoms with Crippen molar-refractivity contribution in [1.29, 1.82) is 0 Å². The van der Waals surface area contributed by atoms with Crippen LogP contribution in [-0.2, 0) is 6.61 Å². The van der Waals surface area contributed by atoms with Crippen LogP contribution in [0.1, 0.15) is 5.56 Å². The molecule has 0 fully saturated rings. The monoisotopic (exact) mass is 746 g/mol. The quantitative estimate of drug-likeness (QED) is 0.110. The minimum Gasteiger partial charge on any atom is -0.489 e. The highest BCUT2D eigenvalue weighted by Gasteiger charge is 2.26. The summed E-state index contributed by atoms with van der Waals surface area (Å²) in [5, 5.41) is 0. The highest BCUT2D eigenvalue weighted by molar-refractivity contribution is 14.1. The maximum atomic E-state index is 6.14. The Morgan fingerprint density at radius 1 is 0.700 bits per heavy atom. The van der Waals surface area contributed by atoms with E-state index >= 15 is 0 Å². The Kier molecular flexibility index (Phi) is 6.32. The van der Waals surface area contributed by atoms with E-state index in [9.17, 15) is 0 Å². The van der Waals surface area contributed by atoms with Crippen LogP contribution in [0.5, 0.6) is 5.75 Å². The molecule has 0 saturated carbocycles. The second-order valence-corrected chi connectivity index (χ2v) is 12.7. The minimum absolute atomic E-state index is 0.510. The van der Waals surface area contributed by atoms with Crippen molar-refractivity contribution in [3.8, 4) is 16.9 Å². The number of ether oxygens (including phenoxy) is 1. The summed E-state index contributed by atoms with van der Waals surface area (Å²) in [7, 11) is -0.510. The molecule has 0 unspecified atom stereocenters. The Morgan fingerprint density at radius 2 is 1.30 bits per heavy atom. The number of hydrogen-bond donors (Lipinski definition) is 1. The fraction of sp³-hybridized carbons (Fsp3) is 0.0400. The lowest BCUT2D eigenvalue weighted by molar-refractivity contribution is 0.305. The van der Waals surface area contributed by atoms with Gasteiger partial charge in [0.1, 0.15) is 12.4 Å². The van der Waals surface area contributed by atoms with Crippen LogP contribution in [0, 0.1) is 10.7 Å². The van der Waals surface area contributed by atoms with E-state index in [4.69, 9.17) is 4.74 Å². The molecule has 4 aromatic carbocycles. The third kappa shape index (κ3) is 4.02. The lowest BCUT2D eigenvalue weighted by atomic mass is 10.1. The number of benzene rings is 4. The molecule has 0 saturated heterocycles. The largest absolute Gasteiger partial charge is 0.489 e. The first-order chi connectivity index (χ1) is 14.6.